The molecule has 76 valence electrons. The van der Waals surface area contributed by atoms with Crippen molar-refractivity contribution in [1.29, 1.82) is 0 Å². The predicted octanol–water partition coefficient (Wildman–Crippen LogP) is 2.27. The number of nitro groups is 1. The second kappa shape index (κ2) is 3.82. The Labute approximate surface area is 85.2 Å². The molecule has 0 aliphatic heterocycles. The molecule has 1 aromatic heterocycles. The first-order valence-electron chi connectivity index (χ1n) is 3.32. The number of alkyl halides is 2. The quantitative estimate of drug-likeness (QED) is 0.506. The van der Waals surface area contributed by atoms with E-state index in [0.717, 1.165) is 6.07 Å². The van der Waals surface area contributed by atoms with Crippen LogP contribution in [-0.4, -0.2) is 9.91 Å². The van der Waals surface area contributed by atoms with Crippen molar-refractivity contribution < 1.29 is 13.7 Å². The third kappa shape index (κ3) is 1.95. The molecule has 0 radical (unpaired) electrons. The minimum Gasteiger partial charge on any atom is -0.383 e. The standard InChI is InChI=1S/C6H4BrF2N3O2/c7-3-1-2(12(13)14)4(5(8)9)6(10)11-3/h1,5H,(H2,10,11). The number of anilines is 1. The number of halogens is 3. The zero-order chi connectivity index (χ0) is 10.9. The molecule has 0 aliphatic rings. The van der Waals surface area contributed by atoms with Gasteiger partial charge in [0.15, 0.2) is 0 Å². The molecule has 0 saturated carbocycles. The van der Waals surface area contributed by atoms with Crippen molar-refractivity contribution in [3.05, 3.63) is 26.3 Å². The number of hydrogen-bond acceptors (Lipinski definition) is 4. The van der Waals surface area contributed by atoms with Crippen LogP contribution in [0.5, 0.6) is 0 Å². The zero-order valence-electron chi connectivity index (χ0n) is 6.58. The van der Waals surface area contributed by atoms with Crippen LogP contribution in [0.25, 0.3) is 0 Å². The number of nitrogens with zero attached hydrogens (tertiary/aromatic N) is 2. The lowest BCUT2D eigenvalue weighted by atomic mass is 10.2. The van der Waals surface area contributed by atoms with Crippen LogP contribution in [0, 0.1) is 10.1 Å². The van der Waals surface area contributed by atoms with Gasteiger partial charge in [-0.25, -0.2) is 13.8 Å². The van der Waals surface area contributed by atoms with Gasteiger partial charge in [-0.3, -0.25) is 10.1 Å². The van der Waals surface area contributed by atoms with Gasteiger partial charge in [0.25, 0.3) is 12.1 Å². The molecule has 0 fully saturated rings. The van der Waals surface area contributed by atoms with Gasteiger partial charge in [0, 0.05) is 6.07 Å². The smallest absolute Gasteiger partial charge is 0.284 e. The van der Waals surface area contributed by atoms with Crippen LogP contribution in [0.4, 0.5) is 20.3 Å². The molecule has 1 heterocycles. The van der Waals surface area contributed by atoms with E-state index in [9.17, 15) is 18.9 Å². The summed E-state index contributed by atoms with van der Waals surface area (Å²) in [5.74, 6) is -0.541. The fraction of sp³-hybridized carbons (Fsp3) is 0.167. The van der Waals surface area contributed by atoms with E-state index in [1.165, 1.54) is 0 Å². The van der Waals surface area contributed by atoms with Gasteiger partial charge in [-0.2, -0.15) is 0 Å². The van der Waals surface area contributed by atoms with E-state index in [1.807, 2.05) is 0 Å². The topological polar surface area (TPSA) is 82.0 Å². The highest BCUT2D eigenvalue weighted by Crippen LogP contribution is 2.34. The first-order chi connectivity index (χ1) is 6.43. The van der Waals surface area contributed by atoms with Gasteiger partial charge in [-0.15, -0.1) is 0 Å². The summed E-state index contributed by atoms with van der Waals surface area (Å²) < 4.78 is 24.7. The summed E-state index contributed by atoms with van der Waals surface area (Å²) in [6.07, 6.45) is -3.02. The van der Waals surface area contributed by atoms with Crippen LogP contribution in [-0.2, 0) is 0 Å². The monoisotopic (exact) mass is 267 g/mol. The van der Waals surface area contributed by atoms with E-state index < -0.39 is 28.4 Å². The van der Waals surface area contributed by atoms with Gasteiger partial charge >= 0.3 is 0 Å². The van der Waals surface area contributed by atoms with Crippen LogP contribution in [0.1, 0.15) is 12.0 Å². The summed E-state index contributed by atoms with van der Waals surface area (Å²) in [4.78, 5) is 12.9. The van der Waals surface area contributed by atoms with Gasteiger partial charge in [0.1, 0.15) is 16.0 Å². The lowest BCUT2D eigenvalue weighted by Gasteiger charge is -2.04. The normalized spacial score (nSPS) is 10.6. The number of hydrogen-bond donors (Lipinski definition) is 1. The fourth-order valence-corrected chi connectivity index (χ4v) is 1.31. The SMILES string of the molecule is Nc1nc(Br)cc([N+](=O)[O-])c1C(F)F. The molecule has 0 unspecified atom stereocenters. The van der Waals surface area contributed by atoms with Gasteiger partial charge in [-0.1, -0.05) is 0 Å². The first-order valence-corrected chi connectivity index (χ1v) is 4.11. The van der Waals surface area contributed by atoms with Crippen LogP contribution in [0.15, 0.2) is 10.7 Å². The largest absolute Gasteiger partial charge is 0.383 e. The summed E-state index contributed by atoms with van der Waals surface area (Å²) in [7, 11) is 0. The van der Waals surface area contributed by atoms with Crippen LogP contribution >= 0.6 is 15.9 Å². The van der Waals surface area contributed by atoms with Gasteiger partial charge < -0.3 is 5.73 Å². The van der Waals surface area contributed by atoms with E-state index in [-0.39, 0.29) is 4.60 Å². The number of nitrogens with two attached hydrogens (primary N) is 1. The molecular weight excluding hydrogens is 264 g/mol. The average molecular weight is 268 g/mol. The maximum absolute atomic E-state index is 12.3. The molecule has 0 spiro atoms. The van der Waals surface area contributed by atoms with E-state index in [1.54, 1.807) is 0 Å². The Morgan fingerprint density at radius 2 is 2.21 bits per heavy atom. The Morgan fingerprint density at radius 3 is 2.64 bits per heavy atom. The molecule has 0 aromatic carbocycles. The second-order valence-corrected chi connectivity index (χ2v) is 3.13. The number of pyridine rings is 1. The molecule has 1 rings (SSSR count). The highest BCUT2D eigenvalue weighted by molar-refractivity contribution is 9.10. The third-order valence-electron chi connectivity index (χ3n) is 1.45. The van der Waals surface area contributed by atoms with E-state index in [4.69, 9.17) is 5.73 Å². The maximum atomic E-state index is 12.3. The highest BCUT2D eigenvalue weighted by atomic mass is 79.9. The Balaban J connectivity index is 3.44. The molecule has 0 aliphatic carbocycles. The van der Waals surface area contributed by atoms with Crippen molar-refractivity contribution in [2.75, 3.05) is 5.73 Å². The fourth-order valence-electron chi connectivity index (χ4n) is 0.904. The molecule has 0 atom stereocenters. The molecule has 1 aromatic rings. The zero-order valence-corrected chi connectivity index (χ0v) is 8.16. The second-order valence-electron chi connectivity index (χ2n) is 2.32. The van der Waals surface area contributed by atoms with Crippen LogP contribution in [0.2, 0.25) is 0 Å². The molecular formula is C6H4BrF2N3O2. The predicted molar refractivity (Wildman–Crippen MR) is 48.0 cm³/mol. The van der Waals surface area contributed by atoms with Gasteiger partial charge in [-0.05, 0) is 15.9 Å². The van der Waals surface area contributed by atoms with Crippen LogP contribution < -0.4 is 5.73 Å². The number of nitrogen functional groups attached to an aromatic ring is 1. The molecule has 8 heteroatoms. The first kappa shape index (κ1) is 10.8. The number of rotatable bonds is 2. The van der Waals surface area contributed by atoms with Crippen molar-refractivity contribution in [3.63, 3.8) is 0 Å². The van der Waals surface area contributed by atoms with Crippen molar-refractivity contribution in [1.82, 2.24) is 4.98 Å². The Bertz CT molecular complexity index is 386. The van der Waals surface area contributed by atoms with Gasteiger partial charge in [0.2, 0.25) is 0 Å². The van der Waals surface area contributed by atoms with Crippen molar-refractivity contribution in [3.8, 4) is 0 Å². The molecule has 0 saturated heterocycles. The van der Waals surface area contributed by atoms with Crippen molar-refractivity contribution >= 4 is 27.4 Å². The van der Waals surface area contributed by atoms with Crippen molar-refractivity contribution in [2.45, 2.75) is 6.43 Å². The summed E-state index contributed by atoms with van der Waals surface area (Å²) >= 11 is 2.82. The maximum Gasteiger partial charge on any atom is 0.284 e. The summed E-state index contributed by atoms with van der Waals surface area (Å²) in [6.45, 7) is 0. The Morgan fingerprint density at radius 1 is 1.64 bits per heavy atom. The van der Waals surface area contributed by atoms with Crippen LogP contribution in [0.3, 0.4) is 0 Å². The molecule has 0 amide bonds. The van der Waals surface area contributed by atoms with Crippen molar-refractivity contribution in [2.24, 2.45) is 0 Å². The molecule has 14 heavy (non-hydrogen) atoms. The Hall–Kier alpha value is -1.31. The minimum atomic E-state index is -3.02. The lowest BCUT2D eigenvalue weighted by molar-refractivity contribution is -0.386. The summed E-state index contributed by atoms with van der Waals surface area (Å²) in [5, 5.41) is 10.4. The summed E-state index contributed by atoms with van der Waals surface area (Å²) in [6, 6.07) is 0.887. The molecule has 0 bridgehead atoms. The van der Waals surface area contributed by atoms with E-state index >= 15 is 0 Å². The lowest BCUT2D eigenvalue weighted by Crippen LogP contribution is -2.03. The highest BCUT2D eigenvalue weighted by Gasteiger charge is 2.26. The van der Waals surface area contributed by atoms with E-state index in [0.29, 0.717) is 0 Å². The minimum absolute atomic E-state index is 0.0473. The average Bonchev–Trinajstić information content (AvgIpc) is 2.01. The molecule has 2 N–H and O–H groups in total. The van der Waals surface area contributed by atoms with Gasteiger partial charge in [0.05, 0.1) is 4.92 Å². The Kier molecular flexibility index (Phi) is 2.94. The van der Waals surface area contributed by atoms with E-state index in [2.05, 4.69) is 20.9 Å². The summed E-state index contributed by atoms with van der Waals surface area (Å²) in [5.41, 5.74) is 3.55. The molecule has 5 nitrogen and oxygen atoms in total. The third-order valence-corrected chi connectivity index (χ3v) is 1.86. The number of aromatic nitrogens is 1.